The van der Waals surface area contributed by atoms with E-state index in [1.54, 1.807) is 17.5 Å². The molecule has 0 bridgehead atoms. The first-order chi connectivity index (χ1) is 10.6. The highest BCUT2D eigenvalue weighted by Gasteiger charge is 2.18. The average Bonchev–Trinajstić information content (AvgIpc) is 3.11. The number of imidazole rings is 1. The number of amides is 2. The third kappa shape index (κ3) is 2.86. The molecule has 2 heterocycles. The van der Waals surface area contributed by atoms with Gasteiger partial charge in [-0.2, -0.15) is 0 Å². The number of pyridine rings is 1. The van der Waals surface area contributed by atoms with Crippen molar-refractivity contribution in [2.45, 2.75) is 26.2 Å². The van der Waals surface area contributed by atoms with Crippen LogP contribution in [0.15, 0.2) is 36.5 Å². The highest BCUT2D eigenvalue weighted by Crippen LogP contribution is 2.19. The van der Waals surface area contributed by atoms with Crippen molar-refractivity contribution in [2.24, 2.45) is 5.92 Å². The Kier molecular flexibility index (Phi) is 3.91. The second-order valence-electron chi connectivity index (χ2n) is 5.45. The van der Waals surface area contributed by atoms with Gasteiger partial charge in [0.15, 0.2) is 0 Å². The van der Waals surface area contributed by atoms with Crippen LogP contribution in [-0.4, -0.2) is 21.2 Å². The summed E-state index contributed by atoms with van der Waals surface area (Å²) in [6, 6.07) is 5.52. The van der Waals surface area contributed by atoms with Gasteiger partial charge in [-0.15, -0.1) is 0 Å². The van der Waals surface area contributed by atoms with E-state index in [9.17, 15) is 9.59 Å². The van der Waals surface area contributed by atoms with Gasteiger partial charge in [0, 0.05) is 12.6 Å². The van der Waals surface area contributed by atoms with Crippen molar-refractivity contribution in [3.05, 3.63) is 47.9 Å². The van der Waals surface area contributed by atoms with Gasteiger partial charge in [0.05, 0.1) is 5.69 Å². The number of hydrogen-bond acceptors (Lipinski definition) is 3. The van der Waals surface area contributed by atoms with Gasteiger partial charge in [0.1, 0.15) is 11.3 Å². The normalized spacial score (nSPS) is 16.9. The monoisotopic (exact) mass is 298 g/mol. The Balaban J connectivity index is 1.64. The zero-order valence-corrected chi connectivity index (χ0v) is 12.4. The molecule has 6 nitrogen and oxygen atoms in total. The van der Waals surface area contributed by atoms with Crippen LogP contribution < -0.4 is 10.9 Å². The molecule has 2 N–H and O–H groups in total. The Labute approximate surface area is 128 Å². The van der Waals surface area contributed by atoms with Crippen LogP contribution in [0.25, 0.3) is 5.65 Å². The van der Waals surface area contributed by atoms with Gasteiger partial charge >= 0.3 is 0 Å². The summed E-state index contributed by atoms with van der Waals surface area (Å²) in [6.07, 6.45) is 8.31. The topological polar surface area (TPSA) is 75.5 Å². The van der Waals surface area contributed by atoms with Crippen LogP contribution in [0.5, 0.6) is 0 Å². The van der Waals surface area contributed by atoms with E-state index < -0.39 is 0 Å². The smallest absolute Gasteiger partial charge is 0.288 e. The van der Waals surface area contributed by atoms with Gasteiger partial charge in [-0.1, -0.05) is 18.2 Å². The van der Waals surface area contributed by atoms with E-state index in [0.29, 0.717) is 23.5 Å². The maximum absolute atomic E-state index is 12.3. The summed E-state index contributed by atoms with van der Waals surface area (Å²) in [5, 5.41) is 0. The second-order valence-corrected chi connectivity index (χ2v) is 5.45. The van der Waals surface area contributed by atoms with Gasteiger partial charge in [-0.05, 0) is 37.8 Å². The maximum atomic E-state index is 12.3. The van der Waals surface area contributed by atoms with Crippen molar-refractivity contribution < 1.29 is 9.59 Å². The zero-order chi connectivity index (χ0) is 15.5. The first kappa shape index (κ1) is 14.3. The highest BCUT2D eigenvalue weighted by atomic mass is 16.2. The largest absolute Gasteiger partial charge is 0.295 e. The summed E-state index contributed by atoms with van der Waals surface area (Å²) < 4.78 is 1.70. The van der Waals surface area contributed by atoms with Crippen molar-refractivity contribution in [3.63, 3.8) is 0 Å². The number of fused-ring (bicyclic) bond motifs is 1. The van der Waals surface area contributed by atoms with Gasteiger partial charge in [0.2, 0.25) is 5.91 Å². The Morgan fingerprint density at radius 2 is 2.23 bits per heavy atom. The molecule has 0 radical (unpaired) electrons. The number of aromatic nitrogens is 2. The minimum Gasteiger partial charge on any atom is -0.295 e. The number of carbonyl (C=O) groups is 2. The molecule has 1 aliphatic rings. The number of hydrogen-bond donors (Lipinski definition) is 2. The quantitative estimate of drug-likeness (QED) is 0.669. The standard InChI is InChI=1S/C16H18N4O2/c1-11-15(20-9-5-4-8-13(20)17-11)16(22)19-18-14(21)10-12-6-2-3-7-12/h2,4-6,8-9,12H,3,7,10H2,1H3,(H,18,21)(H,19,22)/t12-/m1/s1. The van der Waals surface area contributed by atoms with Gasteiger partial charge in [-0.3, -0.25) is 24.8 Å². The molecule has 0 saturated heterocycles. The Hall–Kier alpha value is -2.63. The first-order valence-electron chi connectivity index (χ1n) is 7.34. The van der Waals surface area contributed by atoms with E-state index in [4.69, 9.17) is 0 Å². The van der Waals surface area contributed by atoms with Gasteiger partial charge < -0.3 is 0 Å². The molecule has 0 fully saturated rings. The fourth-order valence-corrected chi connectivity index (χ4v) is 2.73. The number of nitrogens with one attached hydrogen (secondary N) is 2. The van der Waals surface area contributed by atoms with Crippen LogP contribution in [0.1, 0.15) is 35.4 Å². The summed E-state index contributed by atoms with van der Waals surface area (Å²) in [6.45, 7) is 1.77. The van der Waals surface area contributed by atoms with Crippen LogP contribution in [0, 0.1) is 12.8 Å². The number of allylic oxidation sites excluding steroid dienone is 2. The van der Waals surface area contributed by atoms with Crippen LogP contribution in [0.4, 0.5) is 0 Å². The molecule has 0 aliphatic heterocycles. The number of aryl methyl sites for hydroxylation is 1. The molecule has 22 heavy (non-hydrogen) atoms. The Morgan fingerprint density at radius 1 is 1.36 bits per heavy atom. The van der Waals surface area contributed by atoms with E-state index in [1.807, 2.05) is 18.2 Å². The fraction of sp³-hybridized carbons (Fsp3) is 0.312. The number of carbonyl (C=O) groups excluding carboxylic acids is 2. The van der Waals surface area contributed by atoms with Crippen molar-refractivity contribution in [1.82, 2.24) is 20.2 Å². The summed E-state index contributed by atoms with van der Waals surface area (Å²) in [4.78, 5) is 28.4. The molecule has 6 heteroatoms. The third-order valence-corrected chi connectivity index (χ3v) is 3.79. The van der Waals surface area contributed by atoms with E-state index in [1.165, 1.54) is 0 Å². The van der Waals surface area contributed by atoms with Crippen LogP contribution in [0.2, 0.25) is 0 Å². The van der Waals surface area contributed by atoms with Crippen LogP contribution in [-0.2, 0) is 4.79 Å². The van der Waals surface area contributed by atoms with Crippen molar-refractivity contribution in [3.8, 4) is 0 Å². The van der Waals surface area contributed by atoms with Crippen LogP contribution in [0.3, 0.4) is 0 Å². The van der Waals surface area contributed by atoms with E-state index in [-0.39, 0.29) is 17.7 Å². The molecule has 1 aliphatic carbocycles. The Bertz CT molecular complexity index is 748. The average molecular weight is 298 g/mol. The molecular formula is C16H18N4O2. The summed E-state index contributed by atoms with van der Waals surface area (Å²) in [7, 11) is 0. The molecule has 1 atom stereocenters. The third-order valence-electron chi connectivity index (χ3n) is 3.79. The maximum Gasteiger partial charge on any atom is 0.288 e. The molecule has 0 unspecified atom stereocenters. The van der Waals surface area contributed by atoms with Crippen LogP contribution >= 0.6 is 0 Å². The molecule has 2 amide bonds. The van der Waals surface area contributed by atoms with E-state index in [2.05, 4.69) is 28.0 Å². The molecule has 0 aromatic carbocycles. The lowest BCUT2D eigenvalue weighted by Gasteiger charge is -2.10. The first-order valence-corrected chi connectivity index (χ1v) is 7.34. The SMILES string of the molecule is Cc1nc2ccccn2c1C(=O)NNC(=O)C[C@@H]1C=CCC1. The predicted octanol–water partition coefficient (Wildman–Crippen LogP) is 1.76. The molecule has 0 spiro atoms. The molecule has 2 aromatic heterocycles. The zero-order valence-electron chi connectivity index (χ0n) is 12.4. The van der Waals surface area contributed by atoms with E-state index in [0.717, 1.165) is 12.8 Å². The van der Waals surface area contributed by atoms with Gasteiger partial charge in [-0.25, -0.2) is 4.98 Å². The minimum absolute atomic E-state index is 0.184. The molecule has 3 rings (SSSR count). The molecule has 2 aromatic rings. The fourth-order valence-electron chi connectivity index (χ4n) is 2.73. The van der Waals surface area contributed by atoms with E-state index >= 15 is 0 Å². The molecular weight excluding hydrogens is 280 g/mol. The lowest BCUT2D eigenvalue weighted by molar-refractivity contribution is -0.122. The summed E-state index contributed by atoms with van der Waals surface area (Å²) >= 11 is 0. The van der Waals surface area contributed by atoms with Gasteiger partial charge in [0.25, 0.3) is 5.91 Å². The Morgan fingerprint density at radius 3 is 3.00 bits per heavy atom. The molecule has 114 valence electrons. The summed E-state index contributed by atoms with van der Waals surface area (Å²) in [5.74, 6) is -0.280. The number of nitrogens with zero attached hydrogens (tertiary/aromatic N) is 2. The highest BCUT2D eigenvalue weighted by molar-refractivity contribution is 5.95. The number of hydrazine groups is 1. The number of rotatable bonds is 3. The minimum atomic E-state index is -0.369. The molecule has 0 saturated carbocycles. The predicted molar refractivity (Wildman–Crippen MR) is 82.0 cm³/mol. The second kappa shape index (κ2) is 6.01. The van der Waals surface area contributed by atoms with Crippen molar-refractivity contribution >= 4 is 17.5 Å². The lowest BCUT2D eigenvalue weighted by Crippen LogP contribution is -2.42. The lowest BCUT2D eigenvalue weighted by atomic mass is 10.1. The van der Waals surface area contributed by atoms with Crippen molar-refractivity contribution in [1.29, 1.82) is 0 Å². The van der Waals surface area contributed by atoms with Crippen molar-refractivity contribution in [2.75, 3.05) is 0 Å². The summed E-state index contributed by atoms with van der Waals surface area (Å²) in [5.41, 5.74) is 6.70.